The molecule has 0 aliphatic rings. The van der Waals surface area contributed by atoms with Crippen LogP contribution in [0.4, 0.5) is 5.82 Å². The van der Waals surface area contributed by atoms with Gasteiger partial charge in [0, 0.05) is 19.2 Å². The molecule has 8 nitrogen and oxygen atoms in total. The van der Waals surface area contributed by atoms with Crippen molar-refractivity contribution in [1.29, 1.82) is 0 Å². The number of fused-ring (bicyclic) bond motifs is 2. The fourth-order valence-electron chi connectivity index (χ4n) is 3.59. The lowest BCUT2D eigenvalue weighted by Crippen LogP contribution is -2.42. The van der Waals surface area contributed by atoms with Crippen LogP contribution in [0, 0.1) is 0 Å². The highest BCUT2D eigenvalue weighted by molar-refractivity contribution is 7.91. The average molecular weight is 454 g/mol. The molecule has 166 valence electrons. The van der Waals surface area contributed by atoms with Crippen LogP contribution in [0.25, 0.3) is 16.7 Å². The van der Waals surface area contributed by atoms with Crippen molar-refractivity contribution in [2.24, 2.45) is 0 Å². The van der Waals surface area contributed by atoms with Crippen molar-refractivity contribution in [2.45, 2.75) is 42.7 Å². The van der Waals surface area contributed by atoms with E-state index >= 15 is 0 Å². The quantitative estimate of drug-likeness (QED) is 0.261. The van der Waals surface area contributed by atoms with Crippen LogP contribution in [-0.4, -0.2) is 30.5 Å². The summed E-state index contributed by atoms with van der Waals surface area (Å²) in [6, 6.07) is 14.6. The van der Waals surface area contributed by atoms with Gasteiger partial charge in [-0.1, -0.05) is 29.2 Å². The molecule has 0 unspecified atom stereocenters. The Bertz CT molecular complexity index is 1450. The van der Waals surface area contributed by atoms with Crippen LogP contribution < -0.4 is 15.9 Å². The minimum Gasteiger partial charge on any atom is -0.379 e. The number of hydrogen-bond acceptors (Lipinski definition) is 6. The second-order valence-electron chi connectivity index (χ2n) is 7.72. The molecule has 4 rings (SSSR count). The molecule has 9 heteroatoms. The van der Waals surface area contributed by atoms with Gasteiger partial charge < -0.3 is 10.5 Å². The minimum absolute atomic E-state index is 0.0399. The van der Waals surface area contributed by atoms with Crippen LogP contribution in [0.2, 0.25) is 0 Å². The van der Waals surface area contributed by atoms with Crippen molar-refractivity contribution in [3.05, 3.63) is 71.1 Å². The number of hydrogen-bond donors (Lipinski definition) is 1. The maximum atomic E-state index is 13.4. The molecule has 0 aliphatic carbocycles. The zero-order valence-corrected chi connectivity index (χ0v) is 18.7. The molecule has 0 spiro atoms. The number of sulfone groups is 1. The van der Waals surface area contributed by atoms with E-state index in [0.717, 1.165) is 0 Å². The monoisotopic (exact) mass is 453 g/mol. The predicted octanol–water partition coefficient (Wildman–Crippen LogP) is 2.37. The molecule has 4 aromatic rings. The SMILES string of the molecule is CC(C)OCCC[n+]1c(N)c(S(=O)(=O)c2ccccc2)cc2c(=O)n3ccccc3nc21. The van der Waals surface area contributed by atoms with E-state index in [1.165, 1.54) is 22.6 Å². The van der Waals surface area contributed by atoms with Gasteiger partial charge in [-0.15, -0.1) is 0 Å². The topological polar surface area (TPSA) is 108 Å². The smallest absolute Gasteiger partial charge is 0.278 e. The highest BCUT2D eigenvalue weighted by Gasteiger charge is 2.29. The Hall–Kier alpha value is -3.30. The van der Waals surface area contributed by atoms with Gasteiger partial charge in [-0.2, -0.15) is 0 Å². The first-order valence-corrected chi connectivity index (χ1v) is 11.8. The van der Waals surface area contributed by atoms with Gasteiger partial charge >= 0.3 is 0 Å². The molecular weight excluding hydrogens is 428 g/mol. The van der Waals surface area contributed by atoms with Gasteiger partial charge in [0.05, 0.1) is 17.5 Å². The number of nitrogens with zero attached hydrogens (tertiary/aromatic N) is 3. The van der Waals surface area contributed by atoms with E-state index in [1.807, 2.05) is 13.8 Å². The summed E-state index contributed by atoms with van der Waals surface area (Å²) in [4.78, 5) is 17.8. The molecule has 0 aliphatic heterocycles. The van der Waals surface area contributed by atoms with Crippen molar-refractivity contribution in [1.82, 2.24) is 9.38 Å². The number of benzene rings is 1. The lowest BCUT2D eigenvalue weighted by molar-refractivity contribution is -0.661. The van der Waals surface area contributed by atoms with Crippen molar-refractivity contribution in [2.75, 3.05) is 12.3 Å². The van der Waals surface area contributed by atoms with E-state index in [2.05, 4.69) is 4.98 Å². The summed E-state index contributed by atoms with van der Waals surface area (Å²) >= 11 is 0. The predicted molar refractivity (Wildman–Crippen MR) is 121 cm³/mol. The summed E-state index contributed by atoms with van der Waals surface area (Å²) in [5.41, 5.74) is 6.84. The van der Waals surface area contributed by atoms with E-state index < -0.39 is 9.84 Å². The van der Waals surface area contributed by atoms with Crippen LogP contribution >= 0.6 is 0 Å². The molecular formula is C23H25N4O4S+. The number of nitrogens with two attached hydrogens (primary N) is 1. The first kappa shape index (κ1) is 21.9. The number of nitrogen functional groups attached to an aromatic ring is 1. The largest absolute Gasteiger partial charge is 0.379 e. The molecule has 0 saturated heterocycles. The Morgan fingerprint density at radius 1 is 1.12 bits per heavy atom. The number of pyridine rings is 2. The maximum absolute atomic E-state index is 13.4. The molecule has 0 fully saturated rings. The lowest BCUT2D eigenvalue weighted by Gasteiger charge is -2.13. The number of ether oxygens (including phenoxy) is 1. The van der Waals surface area contributed by atoms with E-state index in [0.29, 0.717) is 30.9 Å². The summed E-state index contributed by atoms with van der Waals surface area (Å²) in [6.45, 7) is 4.70. The van der Waals surface area contributed by atoms with Gasteiger partial charge in [-0.3, -0.25) is 9.20 Å². The Morgan fingerprint density at radius 3 is 2.56 bits per heavy atom. The summed E-state index contributed by atoms with van der Waals surface area (Å²) in [5.74, 6) is 0.0399. The zero-order valence-electron chi connectivity index (χ0n) is 17.9. The number of anilines is 1. The molecule has 3 heterocycles. The summed E-state index contributed by atoms with van der Waals surface area (Å²) in [5, 5.41) is 0.183. The van der Waals surface area contributed by atoms with Crippen LogP contribution in [-0.2, 0) is 21.1 Å². The van der Waals surface area contributed by atoms with Crippen LogP contribution in [0.15, 0.2) is 75.4 Å². The summed E-state index contributed by atoms with van der Waals surface area (Å²) in [6.07, 6.45) is 2.25. The van der Waals surface area contributed by atoms with Gasteiger partial charge in [-0.25, -0.2) is 13.0 Å². The highest BCUT2D eigenvalue weighted by Crippen LogP contribution is 2.26. The molecule has 1 aromatic carbocycles. The van der Waals surface area contributed by atoms with Gasteiger partial charge in [0.2, 0.25) is 21.3 Å². The Morgan fingerprint density at radius 2 is 1.84 bits per heavy atom. The molecule has 3 aromatic heterocycles. The third-order valence-electron chi connectivity index (χ3n) is 5.14. The molecule has 32 heavy (non-hydrogen) atoms. The third-order valence-corrected chi connectivity index (χ3v) is 6.94. The van der Waals surface area contributed by atoms with E-state index in [9.17, 15) is 13.2 Å². The number of aryl methyl sites for hydroxylation is 1. The van der Waals surface area contributed by atoms with Crippen molar-refractivity contribution in [3.8, 4) is 0 Å². The second-order valence-corrected chi connectivity index (χ2v) is 9.64. The Labute approximate surface area is 185 Å². The van der Waals surface area contributed by atoms with Gasteiger partial charge in [0.1, 0.15) is 10.3 Å². The second kappa shape index (κ2) is 8.68. The highest BCUT2D eigenvalue weighted by atomic mass is 32.2. The van der Waals surface area contributed by atoms with E-state index in [1.54, 1.807) is 47.2 Å². The average Bonchev–Trinajstić information content (AvgIpc) is 2.78. The van der Waals surface area contributed by atoms with E-state index in [-0.39, 0.29) is 32.7 Å². The minimum atomic E-state index is -3.95. The molecule has 2 N–H and O–H groups in total. The number of rotatable bonds is 7. The summed E-state index contributed by atoms with van der Waals surface area (Å²) in [7, 11) is -3.95. The fraction of sp³-hybridized carbons (Fsp3) is 0.261. The molecule has 0 radical (unpaired) electrons. The van der Waals surface area contributed by atoms with Gasteiger partial charge in [0.15, 0.2) is 0 Å². The molecule has 0 amide bonds. The molecule has 0 atom stereocenters. The normalized spacial score (nSPS) is 12.1. The number of aromatic nitrogens is 3. The Kier molecular flexibility index (Phi) is 5.94. The Balaban J connectivity index is 1.97. The van der Waals surface area contributed by atoms with Gasteiger partial charge in [-0.05, 0) is 44.2 Å². The van der Waals surface area contributed by atoms with Crippen LogP contribution in [0.5, 0.6) is 0 Å². The van der Waals surface area contributed by atoms with E-state index in [4.69, 9.17) is 10.5 Å². The van der Waals surface area contributed by atoms with Crippen molar-refractivity contribution >= 4 is 32.3 Å². The van der Waals surface area contributed by atoms with Crippen LogP contribution in [0.1, 0.15) is 20.3 Å². The first-order chi connectivity index (χ1) is 15.3. The third kappa shape index (κ3) is 3.96. The summed E-state index contributed by atoms with van der Waals surface area (Å²) < 4.78 is 35.4. The standard InChI is InChI=1S/C23H24N4O4S/c1-16(2)31-14-8-13-27-21(24)19(32(29,30)17-9-4-3-5-10-17)15-18-22(27)25-20-11-6-7-12-26(20)23(18)28/h3-7,9-12,15-16,24H,8,13-14H2,1-2H3/p+1. The van der Waals surface area contributed by atoms with Crippen molar-refractivity contribution in [3.63, 3.8) is 0 Å². The fourth-order valence-corrected chi connectivity index (χ4v) is 5.01. The van der Waals surface area contributed by atoms with Crippen LogP contribution in [0.3, 0.4) is 0 Å². The zero-order chi connectivity index (χ0) is 22.9. The lowest BCUT2D eigenvalue weighted by atomic mass is 10.3. The molecule has 0 saturated carbocycles. The maximum Gasteiger partial charge on any atom is 0.278 e. The molecule has 0 bridgehead atoms. The first-order valence-electron chi connectivity index (χ1n) is 10.4. The van der Waals surface area contributed by atoms with Gasteiger partial charge in [0.25, 0.3) is 11.2 Å². The van der Waals surface area contributed by atoms with Crippen molar-refractivity contribution < 1.29 is 17.7 Å².